The van der Waals surface area contributed by atoms with E-state index in [-0.39, 0.29) is 12.5 Å². The van der Waals surface area contributed by atoms with E-state index in [0.717, 1.165) is 5.82 Å². The molecule has 1 atom stereocenters. The predicted molar refractivity (Wildman–Crippen MR) is 95.4 cm³/mol. The molecule has 0 bridgehead atoms. The number of rotatable bonds is 7. The third-order valence-electron chi connectivity index (χ3n) is 3.72. The fourth-order valence-electron chi connectivity index (χ4n) is 2.25. The van der Waals surface area contributed by atoms with E-state index in [0.29, 0.717) is 22.6 Å². The fourth-order valence-corrected chi connectivity index (χ4v) is 2.25. The molecule has 7 heteroatoms. The molecule has 0 saturated carbocycles. The van der Waals surface area contributed by atoms with E-state index in [9.17, 15) is 9.90 Å². The number of carbonyl (C=O) groups excluding carboxylic acids is 1. The van der Waals surface area contributed by atoms with Crippen LogP contribution < -0.4 is 19.7 Å². The SMILES string of the molecule is COc1ccc([C@@H](O)CNC(=O)c2ccc(N(C)C)nc2)cc1OC. The number of hydrogen-bond acceptors (Lipinski definition) is 6. The van der Waals surface area contributed by atoms with Crippen molar-refractivity contribution in [2.24, 2.45) is 0 Å². The lowest BCUT2D eigenvalue weighted by molar-refractivity contribution is 0.0916. The zero-order chi connectivity index (χ0) is 18.4. The minimum absolute atomic E-state index is 0.0732. The molecule has 0 unspecified atom stereocenters. The Balaban J connectivity index is 1.99. The number of aliphatic hydroxyl groups excluding tert-OH is 1. The average molecular weight is 345 g/mol. The summed E-state index contributed by atoms with van der Waals surface area (Å²) in [5, 5.41) is 13.0. The van der Waals surface area contributed by atoms with Crippen molar-refractivity contribution in [2.45, 2.75) is 6.10 Å². The van der Waals surface area contributed by atoms with Gasteiger partial charge in [-0.05, 0) is 29.8 Å². The fraction of sp³-hybridized carbons (Fsp3) is 0.333. The Hall–Kier alpha value is -2.80. The van der Waals surface area contributed by atoms with Crippen LogP contribution in [0.3, 0.4) is 0 Å². The zero-order valence-electron chi connectivity index (χ0n) is 14.8. The number of aliphatic hydroxyl groups is 1. The van der Waals surface area contributed by atoms with Gasteiger partial charge in [-0.15, -0.1) is 0 Å². The molecule has 2 aromatic rings. The standard InChI is InChI=1S/C18H23N3O4/c1-21(2)17-8-6-13(10-19-17)18(23)20-11-14(22)12-5-7-15(24-3)16(9-12)25-4/h5-10,14,22H,11H2,1-4H3,(H,20,23)/t14-/m0/s1. The number of nitrogens with zero attached hydrogens (tertiary/aromatic N) is 2. The van der Waals surface area contributed by atoms with Crippen LogP contribution in [-0.4, -0.2) is 50.9 Å². The summed E-state index contributed by atoms with van der Waals surface area (Å²) in [6, 6.07) is 8.58. The van der Waals surface area contributed by atoms with Crippen LogP contribution in [0.25, 0.3) is 0 Å². The van der Waals surface area contributed by atoms with Gasteiger partial charge < -0.3 is 24.8 Å². The summed E-state index contributed by atoms with van der Waals surface area (Å²) in [5.41, 5.74) is 1.06. The third-order valence-corrected chi connectivity index (χ3v) is 3.72. The van der Waals surface area contributed by atoms with E-state index in [1.165, 1.54) is 13.3 Å². The van der Waals surface area contributed by atoms with Crippen LogP contribution in [0.2, 0.25) is 0 Å². The first-order chi connectivity index (χ1) is 12.0. The number of hydrogen-bond donors (Lipinski definition) is 2. The number of anilines is 1. The summed E-state index contributed by atoms with van der Waals surface area (Å²) in [6.07, 6.45) is 0.644. The first kappa shape index (κ1) is 18.5. The topological polar surface area (TPSA) is 83.9 Å². The second-order valence-electron chi connectivity index (χ2n) is 5.64. The van der Waals surface area contributed by atoms with Crippen molar-refractivity contribution in [2.75, 3.05) is 39.8 Å². The van der Waals surface area contributed by atoms with Crippen molar-refractivity contribution in [1.82, 2.24) is 10.3 Å². The van der Waals surface area contributed by atoms with Gasteiger partial charge in [-0.2, -0.15) is 0 Å². The predicted octanol–water partition coefficient (Wildman–Crippen LogP) is 1.63. The highest BCUT2D eigenvalue weighted by molar-refractivity contribution is 5.94. The Kier molecular flexibility index (Phi) is 6.19. The maximum atomic E-state index is 12.2. The zero-order valence-corrected chi connectivity index (χ0v) is 14.8. The van der Waals surface area contributed by atoms with Gasteiger partial charge in [0.2, 0.25) is 0 Å². The number of carbonyl (C=O) groups is 1. The molecule has 25 heavy (non-hydrogen) atoms. The molecule has 134 valence electrons. The summed E-state index contributed by atoms with van der Waals surface area (Å²) in [4.78, 5) is 18.2. The van der Waals surface area contributed by atoms with Crippen LogP contribution in [-0.2, 0) is 0 Å². The Bertz CT molecular complexity index is 717. The first-order valence-corrected chi connectivity index (χ1v) is 7.77. The van der Waals surface area contributed by atoms with E-state index in [2.05, 4.69) is 10.3 Å². The van der Waals surface area contributed by atoms with Gasteiger partial charge in [-0.1, -0.05) is 6.07 Å². The van der Waals surface area contributed by atoms with Gasteiger partial charge in [-0.25, -0.2) is 4.98 Å². The van der Waals surface area contributed by atoms with Crippen LogP contribution >= 0.6 is 0 Å². The van der Waals surface area contributed by atoms with E-state index < -0.39 is 6.10 Å². The summed E-state index contributed by atoms with van der Waals surface area (Å²) >= 11 is 0. The number of ether oxygens (including phenoxy) is 2. The quantitative estimate of drug-likeness (QED) is 0.793. The highest BCUT2D eigenvalue weighted by Crippen LogP contribution is 2.29. The molecule has 1 heterocycles. The Morgan fingerprint density at radius 2 is 1.92 bits per heavy atom. The Morgan fingerprint density at radius 1 is 1.20 bits per heavy atom. The number of amides is 1. The number of methoxy groups -OCH3 is 2. The normalized spacial score (nSPS) is 11.6. The van der Waals surface area contributed by atoms with Crippen LogP contribution in [0.15, 0.2) is 36.5 Å². The van der Waals surface area contributed by atoms with Gasteiger partial charge in [0.25, 0.3) is 5.91 Å². The molecule has 0 saturated heterocycles. The highest BCUT2D eigenvalue weighted by atomic mass is 16.5. The van der Waals surface area contributed by atoms with Gasteiger partial charge >= 0.3 is 0 Å². The Morgan fingerprint density at radius 3 is 2.48 bits per heavy atom. The summed E-state index contributed by atoms with van der Waals surface area (Å²) in [5.74, 6) is 1.57. The number of pyridine rings is 1. The molecule has 1 aromatic carbocycles. The molecule has 2 rings (SSSR count). The van der Waals surface area contributed by atoms with Crippen LogP contribution in [0.5, 0.6) is 11.5 Å². The van der Waals surface area contributed by atoms with Gasteiger partial charge in [0.05, 0.1) is 25.9 Å². The number of benzene rings is 1. The number of aromatic nitrogens is 1. The van der Waals surface area contributed by atoms with E-state index in [1.807, 2.05) is 19.0 Å². The van der Waals surface area contributed by atoms with Crippen molar-refractivity contribution in [3.8, 4) is 11.5 Å². The maximum absolute atomic E-state index is 12.2. The molecular weight excluding hydrogens is 322 g/mol. The molecular formula is C18H23N3O4. The van der Waals surface area contributed by atoms with Gasteiger partial charge in [-0.3, -0.25) is 4.79 Å². The summed E-state index contributed by atoms with van der Waals surface area (Å²) in [7, 11) is 6.83. The van der Waals surface area contributed by atoms with Crippen molar-refractivity contribution in [1.29, 1.82) is 0 Å². The highest BCUT2D eigenvalue weighted by Gasteiger charge is 2.14. The second-order valence-corrected chi connectivity index (χ2v) is 5.64. The first-order valence-electron chi connectivity index (χ1n) is 7.77. The molecule has 0 radical (unpaired) electrons. The lowest BCUT2D eigenvalue weighted by Gasteiger charge is -2.15. The summed E-state index contributed by atoms with van der Waals surface area (Å²) in [6.45, 7) is 0.0732. The van der Waals surface area contributed by atoms with Gasteiger partial charge in [0, 0.05) is 26.8 Å². The van der Waals surface area contributed by atoms with Crippen molar-refractivity contribution in [3.05, 3.63) is 47.7 Å². The van der Waals surface area contributed by atoms with E-state index >= 15 is 0 Å². The minimum atomic E-state index is -0.863. The van der Waals surface area contributed by atoms with Crippen molar-refractivity contribution >= 4 is 11.7 Å². The lowest BCUT2D eigenvalue weighted by Crippen LogP contribution is -2.28. The van der Waals surface area contributed by atoms with Crippen molar-refractivity contribution < 1.29 is 19.4 Å². The third kappa shape index (κ3) is 4.60. The molecule has 1 amide bonds. The van der Waals surface area contributed by atoms with E-state index in [1.54, 1.807) is 37.4 Å². The molecule has 0 fully saturated rings. The van der Waals surface area contributed by atoms with Crippen LogP contribution in [0, 0.1) is 0 Å². The monoisotopic (exact) mass is 345 g/mol. The number of nitrogens with one attached hydrogen (secondary N) is 1. The molecule has 0 aliphatic rings. The summed E-state index contributed by atoms with van der Waals surface area (Å²) < 4.78 is 10.4. The lowest BCUT2D eigenvalue weighted by atomic mass is 10.1. The van der Waals surface area contributed by atoms with Gasteiger partial charge in [0.15, 0.2) is 11.5 Å². The largest absolute Gasteiger partial charge is 0.493 e. The minimum Gasteiger partial charge on any atom is -0.493 e. The molecule has 2 N–H and O–H groups in total. The molecule has 0 aliphatic carbocycles. The second kappa shape index (κ2) is 8.34. The van der Waals surface area contributed by atoms with Crippen molar-refractivity contribution in [3.63, 3.8) is 0 Å². The smallest absolute Gasteiger partial charge is 0.252 e. The molecule has 0 aliphatic heterocycles. The van der Waals surface area contributed by atoms with Crippen LogP contribution in [0.1, 0.15) is 22.0 Å². The average Bonchev–Trinajstić information content (AvgIpc) is 2.65. The van der Waals surface area contributed by atoms with Gasteiger partial charge in [0.1, 0.15) is 5.82 Å². The molecule has 0 spiro atoms. The molecule has 7 nitrogen and oxygen atoms in total. The van der Waals surface area contributed by atoms with E-state index in [4.69, 9.17) is 9.47 Å². The maximum Gasteiger partial charge on any atom is 0.252 e. The molecule has 1 aromatic heterocycles. The Labute approximate surface area is 147 Å². The van der Waals surface area contributed by atoms with Crippen LogP contribution in [0.4, 0.5) is 5.82 Å².